The van der Waals surface area contributed by atoms with Crippen molar-refractivity contribution < 1.29 is 13.2 Å². The van der Waals surface area contributed by atoms with Gasteiger partial charge in [-0.15, -0.1) is 0 Å². The molecular weight excluding hydrogens is 310 g/mol. The molecule has 1 fully saturated rings. The van der Waals surface area contributed by atoms with E-state index in [9.17, 15) is 13.2 Å². The quantitative estimate of drug-likeness (QED) is 0.779. The van der Waals surface area contributed by atoms with Gasteiger partial charge in [-0.3, -0.25) is 4.79 Å². The molecule has 0 saturated heterocycles. The SMILES string of the molecule is CCCN(C(=O)c1cc(S(=O)(=O)Cl)c(C)cc1C)C1CC1. The summed E-state index contributed by atoms with van der Waals surface area (Å²) in [6, 6.07) is 3.43. The first kappa shape index (κ1) is 16.3. The van der Waals surface area contributed by atoms with Crippen molar-refractivity contribution in [2.45, 2.75) is 51.0 Å². The number of nitrogens with zero attached hydrogens (tertiary/aromatic N) is 1. The summed E-state index contributed by atoms with van der Waals surface area (Å²) in [7, 11) is 1.61. The number of carbonyl (C=O) groups is 1. The van der Waals surface area contributed by atoms with E-state index in [-0.39, 0.29) is 10.8 Å². The van der Waals surface area contributed by atoms with E-state index in [1.54, 1.807) is 13.0 Å². The van der Waals surface area contributed by atoms with Crippen LogP contribution in [0.25, 0.3) is 0 Å². The number of halogens is 1. The van der Waals surface area contributed by atoms with Crippen molar-refractivity contribution in [3.63, 3.8) is 0 Å². The second-order valence-corrected chi connectivity index (χ2v) is 8.13. The van der Waals surface area contributed by atoms with Crippen LogP contribution in [0, 0.1) is 13.8 Å². The molecule has 1 aromatic carbocycles. The minimum absolute atomic E-state index is 0.0189. The number of benzene rings is 1. The first-order valence-electron chi connectivity index (χ1n) is 7.12. The highest BCUT2D eigenvalue weighted by atomic mass is 35.7. The molecule has 0 unspecified atom stereocenters. The highest BCUT2D eigenvalue weighted by molar-refractivity contribution is 8.13. The number of rotatable bonds is 5. The van der Waals surface area contributed by atoms with Gasteiger partial charge in [-0.2, -0.15) is 0 Å². The van der Waals surface area contributed by atoms with Crippen molar-refractivity contribution in [2.75, 3.05) is 6.54 Å². The van der Waals surface area contributed by atoms with E-state index in [0.29, 0.717) is 23.7 Å². The number of carbonyl (C=O) groups excluding carboxylic acids is 1. The summed E-state index contributed by atoms with van der Waals surface area (Å²) < 4.78 is 23.2. The standard InChI is InChI=1S/C15H20ClNO3S/c1-4-7-17(12-5-6-12)15(18)13-9-14(21(16,19)20)11(3)8-10(13)2/h8-9,12H,4-7H2,1-3H3. The lowest BCUT2D eigenvalue weighted by molar-refractivity contribution is 0.0742. The second-order valence-electron chi connectivity index (χ2n) is 5.60. The summed E-state index contributed by atoms with van der Waals surface area (Å²) in [6.45, 7) is 6.22. The van der Waals surface area contributed by atoms with Gasteiger partial charge < -0.3 is 4.90 Å². The first-order valence-corrected chi connectivity index (χ1v) is 9.43. The topological polar surface area (TPSA) is 54.5 Å². The van der Waals surface area contributed by atoms with Gasteiger partial charge in [0.2, 0.25) is 0 Å². The Labute approximate surface area is 130 Å². The third-order valence-corrected chi connectivity index (χ3v) is 5.19. The number of aryl methyl sites for hydroxylation is 2. The van der Waals surface area contributed by atoms with E-state index < -0.39 is 9.05 Å². The van der Waals surface area contributed by atoms with Crippen molar-refractivity contribution in [2.24, 2.45) is 0 Å². The Balaban J connectivity index is 2.45. The van der Waals surface area contributed by atoms with Gasteiger partial charge >= 0.3 is 0 Å². The molecule has 0 aromatic heterocycles. The molecule has 1 saturated carbocycles. The summed E-state index contributed by atoms with van der Waals surface area (Å²) >= 11 is 0. The minimum atomic E-state index is -3.85. The normalized spacial score (nSPS) is 15.0. The van der Waals surface area contributed by atoms with Crippen LogP contribution in [0.1, 0.15) is 47.7 Å². The highest BCUT2D eigenvalue weighted by Crippen LogP contribution is 2.30. The molecule has 6 heteroatoms. The fourth-order valence-electron chi connectivity index (χ4n) is 2.56. The molecule has 0 aliphatic heterocycles. The van der Waals surface area contributed by atoms with Crippen LogP contribution in [0.3, 0.4) is 0 Å². The second kappa shape index (κ2) is 5.97. The van der Waals surface area contributed by atoms with E-state index >= 15 is 0 Å². The van der Waals surface area contributed by atoms with Gasteiger partial charge in [-0.25, -0.2) is 8.42 Å². The van der Waals surface area contributed by atoms with Crippen molar-refractivity contribution in [3.05, 3.63) is 28.8 Å². The molecule has 1 aromatic rings. The van der Waals surface area contributed by atoms with Crippen LogP contribution in [-0.4, -0.2) is 31.8 Å². The molecule has 2 rings (SSSR count). The molecule has 21 heavy (non-hydrogen) atoms. The molecule has 0 radical (unpaired) electrons. The minimum Gasteiger partial charge on any atom is -0.336 e. The molecule has 0 spiro atoms. The van der Waals surface area contributed by atoms with Gasteiger partial charge in [0.25, 0.3) is 15.0 Å². The Morgan fingerprint density at radius 2 is 1.90 bits per heavy atom. The van der Waals surface area contributed by atoms with Gasteiger partial charge in [0.05, 0.1) is 4.90 Å². The van der Waals surface area contributed by atoms with Gasteiger partial charge in [-0.1, -0.05) is 13.0 Å². The molecule has 0 N–H and O–H groups in total. The largest absolute Gasteiger partial charge is 0.336 e. The smallest absolute Gasteiger partial charge is 0.261 e. The molecule has 1 amide bonds. The summed E-state index contributed by atoms with van der Waals surface area (Å²) in [5, 5.41) is 0. The van der Waals surface area contributed by atoms with Crippen LogP contribution < -0.4 is 0 Å². The summed E-state index contributed by atoms with van der Waals surface area (Å²) in [4.78, 5) is 14.6. The summed E-state index contributed by atoms with van der Waals surface area (Å²) in [5.41, 5.74) is 1.77. The lowest BCUT2D eigenvalue weighted by Crippen LogP contribution is -2.34. The van der Waals surface area contributed by atoms with E-state index in [1.165, 1.54) is 6.07 Å². The Kier molecular flexibility index (Phi) is 4.63. The Morgan fingerprint density at radius 3 is 2.38 bits per heavy atom. The van der Waals surface area contributed by atoms with Gasteiger partial charge in [0, 0.05) is 28.8 Å². The van der Waals surface area contributed by atoms with E-state index in [0.717, 1.165) is 24.8 Å². The van der Waals surface area contributed by atoms with Crippen molar-refractivity contribution in [1.29, 1.82) is 0 Å². The molecule has 4 nitrogen and oxygen atoms in total. The van der Waals surface area contributed by atoms with Crippen molar-refractivity contribution in [3.8, 4) is 0 Å². The summed E-state index contributed by atoms with van der Waals surface area (Å²) in [6.07, 6.45) is 2.93. The van der Waals surface area contributed by atoms with Crippen molar-refractivity contribution >= 4 is 25.6 Å². The van der Waals surface area contributed by atoms with Crippen LogP contribution in [-0.2, 0) is 9.05 Å². The third-order valence-electron chi connectivity index (χ3n) is 3.73. The van der Waals surface area contributed by atoms with Crippen LogP contribution >= 0.6 is 10.7 Å². The van der Waals surface area contributed by atoms with Crippen LogP contribution in [0.4, 0.5) is 0 Å². The molecular formula is C15H20ClNO3S. The maximum Gasteiger partial charge on any atom is 0.261 e. The summed E-state index contributed by atoms with van der Waals surface area (Å²) in [5.74, 6) is -0.0987. The lowest BCUT2D eigenvalue weighted by Gasteiger charge is -2.23. The first-order chi connectivity index (χ1) is 9.75. The predicted octanol–water partition coefficient (Wildman–Crippen LogP) is 3.25. The lowest BCUT2D eigenvalue weighted by atomic mass is 10.0. The third kappa shape index (κ3) is 3.58. The van der Waals surface area contributed by atoms with Crippen LogP contribution in [0.5, 0.6) is 0 Å². The fourth-order valence-corrected chi connectivity index (χ4v) is 3.76. The Bertz CT molecular complexity index is 666. The van der Waals surface area contributed by atoms with Crippen LogP contribution in [0.2, 0.25) is 0 Å². The van der Waals surface area contributed by atoms with Gasteiger partial charge in [0.1, 0.15) is 0 Å². The molecule has 0 atom stereocenters. The van der Waals surface area contributed by atoms with E-state index in [1.807, 2.05) is 18.7 Å². The molecule has 1 aliphatic rings. The van der Waals surface area contributed by atoms with Crippen LogP contribution in [0.15, 0.2) is 17.0 Å². The number of hydrogen-bond acceptors (Lipinski definition) is 3. The maximum absolute atomic E-state index is 12.7. The Morgan fingerprint density at radius 1 is 1.29 bits per heavy atom. The van der Waals surface area contributed by atoms with Gasteiger partial charge in [-0.05, 0) is 50.3 Å². The van der Waals surface area contributed by atoms with Gasteiger partial charge in [0.15, 0.2) is 0 Å². The number of amides is 1. The molecule has 116 valence electrons. The fraction of sp³-hybridized carbons (Fsp3) is 0.533. The maximum atomic E-state index is 12.7. The predicted molar refractivity (Wildman–Crippen MR) is 83.3 cm³/mol. The Hall–Kier alpha value is -1.07. The molecule has 1 aliphatic carbocycles. The van der Waals surface area contributed by atoms with E-state index in [2.05, 4.69) is 0 Å². The van der Waals surface area contributed by atoms with E-state index in [4.69, 9.17) is 10.7 Å². The zero-order chi connectivity index (χ0) is 15.8. The number of hydrogen-bond donors (Lipinski definition) is 0. The zero-order valence-corrected chi connectivity index (χ0v) is 14.1. The highest BCUT2D eigenvalue weighted by Gasteiger charge is 2.33. The van der Waals surface area contributed by atoms with Crippen molar-refractivity contribution in [1.82, 2.24) is 4.90 Å². The molecule has 0 bridgehead atoms. The zero-order valence-electron chi connectivity index (χ0n) is 12.5. The average Bonchev–Trinajstić information content (AvgIpc) is 3.17. The molecule has 0 heterocycles. The average molecular weight is 330 g/mol. The monoisotopic (exact) mass is 329 g/mol.